The van der Waals surface area contributed by atoms with Gasteiger partial charge < -0.3 is 28.8 Å². The molecule has 0 bridgehead atoms. The van der Waals surface area contributed by atoms with Crippen LogP contribution in [0, 0.1) is 5.92 Å². The molecule has 0 saturated carbocycles. The van der Waals surface area contributed by atoms with Crippen LogP contribution in [0.2, 0.25) is 0 Å². The van der Waals surface area contributed by atoms with Gasteiger partial charge in [0.1, 0.15) is 0 Å². The summed E-state index contributed by atoms with van der Waals surface area (Å²) in [7, 11) is 0. The molecule has 0 aliphatic carbocycles. The average Bonchev–Trinajstić information content (AvgIpc) is 3.13. The van der Waals surface area contributed by atoms with E-state index in [0.717, 1.165) is 0 Å². The SMILES string of the molecule is CCC(C(=O)[O-])C(=O)[O-].CCCC[N+](CCCC)(CCCC)C(CC)(CC)CCC.CCCC[N+](CCCC)(CCCC)C(CC)(CC)CCC. The van der Waals surface area contributed by atoms with Gasteiger partial charge in [0.15, 0.2) is 0 Å². The Bertz CT molecular complexity index is 698. The number of nitrogens with zero attached hydrogens (tertiary/aromatic N) is 2. The lowest BCUT2D eigenvalue weighted by molar-refractivity contribution is -0.978. The number of carboxylic acids is 2. The Morgan fingerprint density at radius 3 is 0.725 bits per heavy atom. The van der Waals surface area contributed by atoms with Crippen molar-refractivity contribution in [2.75, 3.05) is 39.3 Å². The second-order valence-corrected chi connectivity index (χ2v) is 15.7. The lowest BCUT2D eigenvalue weighted by Crippen LogP contribution is -2.65. The van der Waals surface area contributed by atoms with Gasteiger partial charge in [0.2, 0.25) is 0 Å². The van der Waals surface area contributed by atoms with Gasteiger partial charge in [-0.05, 0) is 70.6 Å². The van der Waals surface area contributed by atoms with Gasteiger partial charge in [0.25, 0.3) is 0 Å². The van der Waals surface area contributed by atoms with Crippen LogP contribution in [0.25, 0.3) is 0 Å². The predicted molar refractivity (Wildman–Crippen MR) is 219 cm³/mol. The summed E-state index contributed by atoms with van der Waals surface area (Å²) in [6.45, 7) is 38.6. The summed E-state index contributed by atoms with van der Waals surface area (Å²) in [5.41, 5.74) is 1.07. The highest BCUT2D eigenvalue weighted by Gasteiger charge is 2.47. The molecule has 308 valence electrons. The average molecular weight is 727 g/mol. The molecule has 0 aliphatic rings. The highest BCUT2D eigenvalue weighted by atomic mass is 16.4. The number of rotatable bonds is 31. The second-order valence-electron chi connectivity index (χ2n) is 15.7. The molecule has 0 N–H and O–H groups in total. The van der Waals surface area contributed by atoms with Crippen molar-refractivity contribution in [1.29, 1.82) is 0 Å². The number of carboxylic acid groups (broad SMARTS) is 2. The van der Waals surface area contributed by atoms with Crippen molar-refractivity contribution in [3.63, 3.8) is 0 Å². The van der Waals surface area contributed by atoms with E-state index < -0.39 is 17.9 Å². The fourth-order valence-corrected chi connectivity index (χ4v) is 9.24. The van der Waals surface area contributed by atoms with E-state index in [1.54, 1.807) is 0 Å². The number of aliphatic carboxylic acids is 2. The first-order chi connectivity index (χ1) is 24.3. The lowest BCUT2D eigenvalue weighted by Gasteiger charge is -2.54. The predicted octanol–water partition coefficient (Wildman–Crippen LogP) is 10.6. The first-order valence-electron chi connectivity index (χ1n) is 22.5. The molecule has 0 heterocycles. The van der Waals surface area contributed by atoms with Gasteiger partial charge >= 0.3 is 0 Å². The van der Waals surface area contributed by atoms with Crippen LogP contribution in [0.3, 0.4) is 0 Å². The van der Waals surface area contributed by atoms with E-state index in [-0.39, 0.29) is 6.42 Å². The maximum atomic E-state index is 9.84. The third-order valence-electron chi connectivity index (χ3n) is 12.7. The van der Waals surface area contributed by atoms with Crippen molar-refractivity contribution in [1.82, 2.24) is 0 Å². The van der Waals surface area contributed by atoms with Crippen LogP contribution in [0.15, 0.2) is 0 Å². The summed E-state index contributed by atoms with van der Waals surface area (Å²) < 4.78 is 2.84. The van der Waals surface area contributed by atoms with Gasteiger partial charge in [-0.2, -0.15) is 0 Å². The number of carbonyl (C=O) groups is 2. The first-order valence-corrected chi connectivity index (χ1v) is 22.5. The summed E-state index contributed by atoms with van der Waals surface area (Å²) in [5.74, 6) is -4.64. The standard InChI is InChI=1S/2C20H44N.C5H8O4/c2*1-7-13-17-21(18-14-8-2,19-15-9-3)20(11-5,12-6)16-10-4;1-2-3(4(6)7)5(8)9/h2*7-19H2,1-6H3;3H,2H2,1H3,(H,6,7)(H,8,9)/q2*+1;/p-2. The molecule has 0 aromatic rings. The zero-order valence-corrected chi connectivity index (χ0v) is 37.2. The summed E-state index contributed by atoms with van der Waals surface area (Å²) in [6, 6.07) is 0. The molecule has 6 nitrogen and oxygen atoms in total. The minimum absolute atomic E-state index is 0.00463. The molecule has 0 unspecified atom stereocenters. The smallest absolute Gasteiger partial charge is 0.0987 e. The quantitative estimate of drug-likeness (QED) is 0.0526. The van der Waals surface area contributed by atoms with Gasteiger partial charge in [0.05, 0.1) is 62.3 Å². The van der Waals surface area contributed by atoms with Crippen molar-refractivity contribution in [3.8, 4) is 0 Å². The molecule has 0 saturated heterocycles. The molecule has 0 amide bonds. The fourth-order valence-electron chi connectivity index (χ4n) is 9.24. The minimum Gasteiger partial charge on any atom is -0.549 e. The van der Waals surface area contributed by atoms with Gasteiger partial charge in [-0.15, -0.1) is 0 Å². The zero-order chi connectivity index (χ0) is 39.8. The summed E-state index contributed by atoms with van der Waals surface area (Å²) in [6.07, 6.45) is 27.4. The van der Waals surface area contributed by atoms with E-state index in [1.165, 1.54) is 184 Å². The molecule has 0 atom stereocenters. The minimum atomic E-state index is -1.59. The third kappa shape index (κ3) is 18.2. The number of carbonyl (C=O) groups excluding carboxylic acids is 2. The van der Waals surface area contributed by atoms with Crippen molar-refractivity contribution in [2.24, 2.45) is 5.92 Å². The Labute approximate surface area is 321 Å². The van der Waals surface area contributed by atoms with Crippen molar-refractivity contribution in [3.05, 3.63) is 0 Å². The lowest BCUT2D eigenvalue weighted by atomic mass is 9.81. The zero-order valence-electron chi connectivity index (χ0n) is 37.2. The van der Waals surface area contributed by atoms with E-state index in [4.69, 9.17) is 0 Å². The van der Waals surface area contributed by atoms with E-state index in [1.807, 2.05) is 0 Å². The van der Waals surface area contributed by atoms with Crippen LogP contribution in [-0.4, -0.2) is 71.3 Å². The fraction of sp³-hybridized carbons (Fsp3) is 0.956. The number of unbranched alkanes of at least 4 members (excludes halogenated alkanes) is 6. The topological polar surface area (TPSA) is 80.3 Å². The molecule has 0 spiro atoms. The van der Waals surface area contributed by atoms with E-state index in [2.05, 4.69) is 83.1 Å². The molecule has 6 heteroatoms. The molecule has 0 fully saturated rings. The van der Waals surface area contributed by atoms with Crippen molar-refractivity contribution < 1.29 is 28.8 Å². The molecule has 51 heavy (non-hydrogen) atoms. The van der Waals surface area contributed by atoms with Crippen molar-refractivity contribution in [2.45, 2.75) is 236 Å². The Morgan fingerprint density at radius 2 is 0.627 bits per heavy atom. The van der Waals surface area contributed by atoms with Crippen LogP contribution >= 0.6 is 0 Å². The van der Waals surface area contributed by atoms with Crippen molar-refractivity contribution >= 4 is 11.9 Å². The van der Waals surface area contributed by atoms with Gasteiger partial charge in [-0.1, -0.05) is 141 Å². The summed E-state index contributed by atoms with van der Waals surface area (Å²) in [4.78, 5) is 19.7. The van der Waals surface area contributed by atoms with Crippen LogP contribution in [0.4, 0.5) is 0 Å². The van der Waals surface area contributed by atoms with Crippen LogP contribution < -0.4 is 10.2 Å². The van der Waals surface area contributed by atoms with E-state index in [9.17, 15) is 19.8 Å². The number of hydrogen-bond acceptors (Lipinski definition) is 4. The maximum Gasteiger partial charge on any atom is 0.0987 e. The third-order valence-corrected chi connectivity index (χ3v) is 12.7. The maximum absolute atomic E-state index is 9.84. The molecule has 0 rings (SSSR count). The molecular formula is C45H94N2O4. The highest BCUT2D eigenvalue weighted by Crippen LogP contribution is 2.39. The molecular weight excluding hydrogens is 633 g/mol. The Balaban J connectivity index is -0.000000731. The monoisotopic (exact) mass is 727 g/mol. The molecule has 0 aromatic carbocycles. The van der Waals surface area contributed by atoms with Crippen LogP contribution in [0.5, 0.6) is 0 Å². The molecule has 0 aromatic heterocycles. The Morgan fingerprint density at radius 1 is 0.412 bits per heavy atom. The number of hydrogen-bond donors (Lipinski definition) is 0. The van der Waals surface area contributed by atoms with E-state index >= 15 is 0 Å². The summed E-state index contributed by atoms with van der Waals surface area (Å²) >= 11 is 0. The number of quaternary nitrogens is 2. The first kappa shape index (κ1) is 54.2. The Hall–Kier alpha value is -1.14. The van der Waals surface area contributed by atoms with Gasteiger partial charge in [-0.3, -0.25) is 0 Å². The van der Waals surface area contributed by atoms with Gasteiger partial charge in [0, 0.05) is 18.8 Å². The molecule has 0 aliphatic heterocycles. The highest BCUT2D eigenvalue weighted by molar-refractivity contribution is 5.90. The molecule has 0 radical (unpaired) electrons. The second kappa shape index (κ2) is 32.3. The summed E-state index contributed by atoms with van der Waals surface area (Å²) in [5, 5.41) is 19.7. The van der Waals surface area contributed by atoms with Gasteiger partial charge in [-0.25, -0.2) is 0 Å². The van der Waals surface area contributed by atoms with Crippen LogP contribution in [-0.2, 0) is 9.59 Å². The normalized spacial score (nSPS) is 12.3. The van der Waals surface area contributed by atoms with Crippen LogP contribution in [0.1, 0.15) is 225 Å². The Kier molecular flexibility index (Phi) is 34.3. The largest absolute Gasteiger partial charge is 0.549 e. The van der Waals surface area contributed by atoms with E-state index in [0.29, 0.717) is 11.1 Å².